The van der Waals surface area contributed by atoms with Crippen molar-refractivity contribution in [2.24, 2.45) is 7.05 Å². The molecule has 0 saturated carbocycles. The molecule has 0 fully saturated rings. The highest BCUT2D eigenvalue weighted by atomic mass is 16.5. The Bertz CT molecular complexity index is 525. The van der Waals surface area contributed by atoms with Gasteiger partial charge in [-0.1, -0.05) is 12.1 Å². The highest BCUT2D eigenvalue weighted by molar-refractivity contribution is 5.66. The molecule has 78 valence electrons. The van der Waals surface area contributed by atoms with E-state index in [2.05, 4.69) is 5.10 Å². The van der Waals surface area contributed by atoms with Crippen LogP contribution < -0.4 is 10.3 Å². The minimum absolute atomic E-state index is 0.0593. The Kier molecular flexibility index (Phi) is 2.33. The number of H-pyrrole nitrogens is 1. The predicted octanol–water partition coefficient (Wildman–Crippen LogP) is 1.39. The first-order chi connectivity index (χ1) is 7.22. The van der Waals surface area contributed by atoms with Gasteiger partial charge in [-0.05, 0) is 12.1 Å². The van der Waals surface area contributed by atoms with E-state index >= 15 is 0 Å². The zero-order chi connectivity index (χ0) is 10.8. The summed E-state index contributed by atoms with van der Waals surface area (Å²) >= 11 is 0. The van der Waals surface area contributed by atoms with Gasteiger partial charge >= 0.3 is 0 Å². The molecular weight excluding hydrogens is 192 g/mol. The first-order valence-electron chi connectivity index (χ1n) is 4.62. The zero-order valence-corrected chi connectivity index (χ0v) is 8.65. The summed E-state index contributed by atoms with van der Waals surface area (Å²) in [7, 11) is 3.29. The smallest absolute Gasteiger partial charge is 0.266 e. The third-order valence-corrected chi connectivity index (χ3v) is 2.28. The Labute approximate surface area is 87.1 Å². The quantitative estimate of drug-likeness (QED) is 0.803. The standard InChI is InChI=1S/C11H12N2O2/c1-13-11(14)7-9(12-13)8-5-3-4-6-10(8)15-2/h3-7,12H,1-2H3. The Hall–Kier alpha value is -1.97. The van der Waals surface area contributed by atoms with Crippen molar-refractivity contribution in [1.82, 2.24) is 9.78 Å². The van der Waals surface area contributed by atoms with Crippen LogP contribution >= 0.6 is 0 Å². The molecule has 2 aromatic rings. The number of rotatable bonds is 2. The molecule has 0 aliphatic heterocycles. The van der Waals surface area contributed by atoms with Gasteiger partial charge in [-0.2, -0.15) is 0 Å². The number of aromatic amines is 1. The Morgan fingerprint density at radius 1 is 1.33 bits per heavy atom. The van der Waals surface area contributed by atoms with Crippen LogP contribution in [0.25, 0.3) is 11.3 Å². The SMILES string of the molecule is COc1ccccc1-c1cc(=O)n(C)[nH]1. The second kappa shape index (κ2) is 3.65. The monoisotopic (exact) mass is 204 g/mol. The molecule has 1 aromatic heterocycles. The highest BCUT2D eigenvalue weighted by Crippen LogP contribution is 2.26. The summed E-state index contributed by atoms with van der Waals surface area (Å²) < 4.78 is 6.65. The van der Waals surface area contributed by atoms with Crippen molar-refractivity contribution in [2.45, 2.75) is 0 Å². The zero-order valence-electron chi connectivity index (χ0n) is 8.65. The van der Waals surface area contributed by atoms with Gasteiger partial charge < -0.3 is 4.74 Å². The third kappa shape index (κ3) is 1.66. The maximum atomic E-state index is 11.3. The van der Waals surface area contributed by atoms with E-state index in [0.29, 0.717) is 0 Å². The molecule has 0 saturated heterocycles. The van der Waals surface area contributed by atoms with Crippen molar-refractivity contribution in [2.75, 3.05) is 7.11 Å². The van der Waals surface area contributed by atoms with Gasteiger partial charge in [-0.3, -0.25) is 14.6 Å². The van der Waals surface area contributed by atoms with Crippen LogP contribution in [0, 0.1) is 0 Å². The number of aromatic nitrogens is 2. The lowest BCUT2D eigenvalue weighted by Gasteiger charge is -2.05. The van der Waals surface area contributed by atoms with Crippen molar-refractivity contribution in [3.05, 3.63) is 40.7 Å². The number of ether oxygens (including phenoxy) is 1. The summed E-state index contributed by atoms with van der Waals surface area (Å²) in [5, 5.41) is 2.96. The average molecular weight is 204 g/mol. The predicted molar refractivity (Wildman–Crippen MR) is 58.0 cm³/mol. The van der Waals surface area contributed by atoms with E-state index < -0.39 is 0 Å². The molecule has 4 nitrogen and oxygen atoms in total. The van der Waals surface area contributed by atoms with Crippen LogP contribution in [-0.2, 0) is 7.05 Å². The molecule has 15 heavy (non-hydrogen) atoms. The number of nitrogens with one attached hydrogen (secondary N) is 1. The maximum Gasteiger partial charge on any atom is 0.266 e. The Morgan fingerprint density at radius 2 is 2.07 bits per heavy atom. The molecule has 0 bridgehead atoms. The van der Waals surface area contributed by atoms with Gasteiger partial charge in [0.2, 0.25) is 0 Å². The molecule has 4 heteroatoms. The summed E-state index contributed by atoms with van der Waals surface area (Å²) in [6.45, 7) is 0. The first-order valence-corrected chi connectivity index (χ1v) is 4.62. The van der Waals surface area contributed by atoms with Gasteiger partial charge in [0.05, 0.1) is 12.8 Å². The summed E-state index contributed by atoms with van der Waals surface area (Å²) in [5.41, 5.74) is 1.59. The largest absolute Gasteiger partial charge is 0.496 e. The van der Waals surface area contributed by atoms with Crippen molar-refractivity contribution in [3.63, 3.8) is 0 Å². The van der Waals surface area contributed by atoms with Crippen molar-refractivity contribution in [3.8, 4) is 17.0 Å². The molecule has 1 N–H and O–H groups in total. The molecule has 1 aromatic carbocycles. The van der Waals surface area contributed by atoms with E-state index in [1.54, 1.807) is 20.2 Å². The number of para-hydroxylation sites is 1. The lowest BCUT2D eigenvalue weighted by Crippen LogP contribution is -2.09. The summed E-state index contributed by atoms with van der Waals surface area (Å²) in [6.07, 6.45) is 0. The van der Waals surface area contributed by atoms with E-state index in [1.165, 1.54) is 4.68 Å². The molecule has 0 unspecified atom stereocenters. The highest BCUT2D eigenvalue weighted by Gasteiger charge is 2.07. The number of benzene rings is 1. The molecular formula is C11H12N2O2. The second-order valence-electron chi connectivity index (χ2n) is 3.27. The van der Waals surface area contributed by atoms with Crippen LogP contribution in [0.4, 0.5) is 0 Å². The van der Waals surface area contributed by atoms with Crippen molar-refractivity contribution < 1.29 is 4.74 Å². The molecule has 0 aliphatic carbocycles. The minimum atomic E-state index is -0.0593. The fraction of sp³-hybridized carbons (Fsp3) is 0.182. The molecule has 0 aliphatic rings. The van der Waals surface area contributed by atoms with Crippen LogP contribution in [0.1, 0.15) is 0 Å². The number of nitrogens with zero attached hydrogens (tertiary/aromatic N) is 1. The molecule has 0 amide bonds. The molecule has 1 heterocycles. The van der Waals surface area contributed by atoms with Crippen LogP contribution in [0.5, 0.6) is 5.75 Å². The summed E-state index contributed by atoms with van der Waals surface area (Å²) in [5.74, 6) is 0.749. The second-order valence-corrected chi connectivity index (χ2v) is 3.27. The fourth-order valence-electron chi connectivity index (χ4n) is 1.49. The summed E-state index contributed by atoms with van der Waals surface area (Å²) in [6, 6.07) is 9.12. The maximum absolute atomic E-state index is 11.3. The van der Waals surface area contributed by atoms with Gasteiger partial charge in [0.1, 0.15) is 5.75 Å². The molecule has 0 radical (unpaired) electrons. The average Bonchev–Trinajstić information content (AvgIpc) is 2.59. The van der Waals surface area contributed by atoms with E-state index in [0.717, 1.165) is 17.0 Å². The topological polar surface area (TPSA) is 47.0 Å². The normalized spacial score (nSPS) is 10.3. The van der Waals surface area contributed by atoms with E-state index in [1.807, 2.05) is 24.3 Å². The van der Waals surface area contributed by atoms with Crippen molar-refractivity contribution in [1.29, 1.82) is 0 Å². The molecule has 0 atom stereocenters. The number of aryl methyl sites for hydroxylation is 1. The fourth-order valence-corrected chi connectivity index (χ4v) is 1.49. The number of hydrogen-bond donors (Lipinski definition) is 1. The van der Waals surface area contributed by atoms with Crippen LogP contribution in [0.15, 0.2) is 35.1 Å². The first kappa shape index (κ1) is 9.58. The van der Waals surface area contributed by atoms with Crippen LogP contribution in [-0.4, -0.2) is 16.9 Å². The molecule has 0 spiro atoms. The minimum Gasteiger partial charge on any atom is -0.496 e. The van der Waals surface area contributed by atoms with Crippen LogP contribution in [0.2, 0.25) is 0 Å². The van der Waals surface area contributed by atoms with Crippen LogP contribution in [0.3, 0.4) is 0 Å². The Morgan fingerprint density at radius 3 is 2.67 bits per heavy atom. The van der Waals surface area contributed by atoms with Gasteiger partial charge in [-0.25, -0.2) is 0 Å². The van der Waals surface area contributed by atoms with E-state index in [9.17, 15) is 4.79 Å². The number of hydrogen-bond acceptors (Lipinski definition) is 2. The van der Waals surface area contributed by atoms with E-state index in [4.69, 9.17) is 4.74 Å². The Balaban J connectivity index is 2.58. The number of methoxy groups -OCH3 is 1. The van der Waals surface area contributed by atoms with Gasteiger partial charge in [-0.15, -0.1) is 0 Å². The van der Waals surface area contributed by atoms with Crippen molar-refractivity contribution >= 4 is 0 Å². The van der Waals surface area contributed by atoms with E-state index in [-0.39, 0.29) is 5.56 Å². The lowest BCUT2D eigenvalue weighted by atomic mass is 10.1. The van der Waals surface area contributed by atoms with Gasteiger partial charge in [0.25, 0.3) is 5.56 Å². The van der Waals surface area contributed by atoms with Gasteiger partial charge in [0, 0.05) is 18.7 Å². The molecule has 2 rings (SSSR count). The third-order valence-electron chi connectivity index (χ3n) is 2.28. The lowest BCUT2D eigenvalue weighted by molar-refractivity contribution is 0.416. The van der Waals surface area contributed by atoms with Gasteiger partial charge in [0.15, 0.2) is 0 Å². The summed E-state index contributed by atoms with van der Waals surface area (Å²) in [4.78, 5) is 11.3.